The van der Waals surface area contributed by atoms with Gasteiger partial charge < -0.3 is 5.32 Å². The minimum Gasteiger partial charge on any atom is -0.382 e. The molecule has 0 atom stereocenters. The highest BCUT2D eigenvalue weighted by Crippen LogP contribution is 2.51. The standard InChI is InChI=1S/C15H24ClN3O/c1-10(2)8-19-14(20)13(16)12(7-18-19)17-9-15(5-6-15)11(3)4/h7,10-11,17H,5-6,8-9H2,1-4H3. The second-order valence-corrected chi connectivity index (χ2v) is 7.00. The number of hydrogen-bond acceptors (Lipinski definition) is 3. The van der Waals surface area contributed by atoms with E-state index in [1.165, 1.54) is 17.5 Å². The molecule has 0 spiro atoms. The van der Waals surface area contributed by atoms with Crippen LogP contribution in [0.15, 0.2) is 11.0 Å². The predicted molar refractivity (Wildman–Crippen MR) is 83.3 cm³/mol. The van der Waals surface area contributed by atoms with Crippen molar-refractivity contribution in [3.63, 3.8) is 0 Å². The Hall–Kier alpha value is -1.03. The summed E-state index contributed by atoms with van der Waals surface area (Å²) in [5, 5.41) is 7.76. The van der Waals surface area contributed by atoms with Gasteiger partial charge in [-0.2, -0.15) is 5.10 Å². The van der Waals surface area contributed by atoms with E-state index < -0.39 is 0 Å². The van der Waals surface area contributed by atoms with Gasteiger partial charge in [0.15, 0.2) is 0 Å². The summed E-state index contributed by atoms with van der Waals surface area (Å²) in [7, 11) is 0. The van der Waals surface area contributed by atoms with Crippen molar-refractivity contribution in [2.75, 3.05) is 11.9 Å². The van der Waals surface area contributed by atoms with Crippen molar-refractivity contribution >= 4 is 17.3 Å². The van der Waals surface area contributed by atoms with Gasteiger partial charge in [0.1, 0.15) is 5.02 Å². The number of hydrogen-bond donors (Lipinski definition) is 1. The zero-order valence-electron chi connectivity index (χ0n) is 12.7. The monoisotopic (exact) mass is 297 g/mol. The van der Waals surface area contributed by atoms with E-state index in [1.807, 2.05) is 13.8 Å². The van der Waals surface area contributed by atoms with Crippen molar-refractivity contribution in [1.82, 2.24) is 9.78 Å². The van der Waals surface area contributed by atoms with Crippen molar-refractivity contribution in [2.24, 2.45) is 17.3 Å². The summed E-state index contributed by atoms with van der Waals surface area (Å²) in [5.74, 6) is 1.01. The molecular weight excluding hydrogens is 274 g/mol. The van der Waals surface area contributed by atoms with Gasteiger partial charge >= 0.3 is 0 Å². The van der Waals surface area contributed by atoms with E-state index in [1.54, 1.807) is 6.20 Å². The van der Waals surface area contributed by atoms with Gasteiger partial charge in [-0.3, -0.25) is 4.79 Å². The van der Waals surface area contributed by atoms with Crippen LogP contribution in [0.2, 0.25) is 5.02 Å². The summed E-state index contributed by atoms with van der Waals surface area (Å²) in [6, 6.07) is 0. The molecule has 1 aliphatic carbocycles. The van der Waals surface area contributed by atoms with Crippen molar-refractivity contribution < 1.29 is 0 Å². The Morgan fingerprint density at radius 1 is 1.40 bits per heavy atom. The molecule has 20 heavy (non-hydrogen) atoms. The molecule has 112 valence electrons. The molecule has 4 nitrogen and oxygen atoms in total. The zero-order chi connectivity index (χ0) is 14.9. The van der Waals surface area contributed by atoms with E-state index in [-0.39, 0.29) is 10.6 Å². The Bertz CT molecular complexity index is 532. The van der Waals surface area contributed by atoms with Crippen LogP contribution in [0.5, 0.6) is 0 Å². The molecule has 0 saturated heterocycles. The van der Waals surface area contributed by atoms with Crippen LogP contribution < -0.4 is 10.9 Å². The minimum absolute atomic E-state index is 0.209. The Morgan fingerprint density at radius 2 is 2.05 bits per heavy atom. The molecule has 0 unspecified atom stereocenters. The van der Waals surface area contributed by atoms with Crippen molar-refractivity contribution in [3.05, 3.63) is 21.6 Å². The minimum atomic E-state index is -0.209. The first kappa shape index (κ1) is 15.4. The second kappa shape index (κ2) is 5.76. The maximum absolute atomic E-state index is 12.1. The van der Waals surface area contributed by atoms with E-state index >= 15 is 0 Å². The smallest absolute Gasteiger partial charge is 0.287 e. The average Bonchev–Trinajstić information content (AvgIpc) is 3.15. The number of rotatable bonds is 6. The van der Waals surface area contributed by atoms with E-state index in [9.17, 15) is 4.79 Å². The molecule has 1 aliphatic rings. The fourth-order valence-corrected chi connectivity index (χ4v) is 2.67. The van der Waals surface area contributed by atoms with E-state index in [4.69, 9.17) is 11.6 Å². The lowest BCUT2D eigenvalue weighted by Crippen LogP contribution is -2.27. The normalized spacial score (nSPS) is 16.8. The third-order valence-electron chi connectivity index (χ3n) is 4.27. The number of anilines is 1. The van der Waals surface area contributed by atoms with Crippen LogP contribution in [-0.2, 0) is 6.54 Å². The molecule has 5 heteroatoms. The van der Waals surface area contributed by atoms with Gasteiger partial charge in [-0.05, 0) is 30.1 Å². The van der Waals surface area contributed by atoms with Gasteiger partial charge in [0.2, 0.25) is 0 Å². The zero-order valence-corrected chi connectivity index (χ0v) is 13.5. The quantitative estimate of drug-likeness (QED) is 0.875. The Morgan fingerprint density at radius 3 is 2.55 bits per heavy atom. The second-order valence-electron chi connectivity index (χ2n) is 6.62. The first-order valence-corrected chi connectivity index (χ1v) is 7.73. The van der Waals surface area contributed by atoms with E-state index in [2.05, 4.69) is 24.3 Å². The SMILES string of the molecule is CC(C)Cn1ncc(NCC2(C(C)C)CC2)c(Cl)c1=O. The molecular formula is C15H24ClN3O. The van der Waals surface area contributed by atoms with Crippen LogP contribution in [0.3, 0.4) is 0 Å². The average molecular weight is 298 g/mol. The summed E-state index contributed by atoms with van der Waals surface area (Å²) in [4.78, 5) is 12.1. The van der Waals surface area contributed by atoms with Crippen LogP contribution in [0.25, 0.3) is 0 Å². The summed E-state index contributed by atoms with van der Waals surface area (Å²) in [5.41, 5.74) is 0.819. The number of aromatic nitrogens is 2. The van der Waals surface area contributed by atoms with E-state index in [0.717, 1.165) is 6.54 Å². The number of halogens is 1. The first-order valence-electron chi connectivity index (χ1n) is 7.35. The third-order valence-corrected chi connectivity index (χ3v) is 4.64. The lowest BCUT2D eigenvalue weighted by atomic mass is 9.92. The van der Waals surface area contributed by atoms with Crippen LogP contribution in [-0.4, -0.2) is 16.3 Å². The van der Waals surface area contributed by atoms with Crippen molar-refractivity contribution in [2.45, 2.75) is 47.1 Å². The molecule has 0 aliphatic heterocycles. The molecule has 1 heterocycles. The number of nitrogens with one attached hydrogen (secondary N) is 1. The molecule has 0 aromatic carbocycles. The largest absolute Gasteiger partial charge is 0.382 e. The van der Waals surface area contributed by atoms with Crippen molar-refractivity contribution in [3.8, 4) is 0 Å². The van der Waals surface area contributed by atoms with Gasteiger partial charge in [-0.1, -0.05) is 39.3 Å². The van der Waals surface area contributed by atoms with Gasteiger partial charge in [0.25, 0.3) is 5.56 Å². The highest BCUT2D eigenvalue weighted by atomic mass is 35.5. The van der Waals surface area contributed by atoms with Crippen LogP contribution in [0, 0.1) is 17.3 Å². The summed E-state index contributed by atoms with van der Waals surface area (Å²) in [6.45, 7) is 10.0. The molecule has 1 fully saturated rings. The van der Waals surface area contributed by atoms with Gasteiger partial charge in [-0.25, -0.2) is 4.68 Å². The lowest BCUT2D eigenvalue weighted by molar-refractivity contribution is 0.380. The summed E-state index contributed by atoms with van der Waals surface area (Å²) < 4.78 is 1.44. The van der Waals surface area contributed by atoms with Gasteiger partial charge in [0, 0.05) is 13.1 Å². The summed E-state index contributed by atoms with van der Waals surface area (Å²) >= 11 is 6.17. The van der Waals surface area contributed by atoms with Crippen LogP contribution in [0.1, 0.15) is 40.5 Å². The first-order chi connectivity index (χ1) is 9.35. The van der Waals surface area contributed by atoms with Crippen molar-refractivity contribution in [1.29, 1.82) is 0 Å². The summed E-state index contributed by atoms with van der Waals surface area (Å²) in [6.07, 6.45) is 4.16. The van der Waals surface area contributed by atoms with Crippen LogP contribution >= 0.6 is 11.6 Å². The predicted octanol–water partition coefficient (Wildman–Crippen LogP) is 3.40. The highest BCUT2D eigenvalue weighted by molar-refractivity contribution is 6.32. The molecule has 1 aromatic heterocycles. The molecule has 1 N–H and O–H groups in total. The lowest BCUT2D eigenvalue weighted by Gasteiger charge is -2.21. The fraction of sp³-hybridized carbons (Fsp3) is 0.733. The third kappa shape index (κ3) is 3.17. The maximum atomic E-state index is 12.1. The molecule has 1 saturated carbocycles. The van der Waals surface area contributed by atoms with E-state index in [0.29, 0.717) is 29.5 Å². The molecule has 2 rings (SSSR count). The molecule has 0 radical (unpaired) electrons. The Balaban J connectivity index is 2.10. The molecule has 1 aromatic rings. The topological polar surface area (TPSA) is 46.9 Å². The highest BCUT2D eigenvalue weighted by Gasteiger charge is 2.45. The maximum Gasteiger partial charge on any atom is 0.287 e. The molecule has 0 bridgehead atoms. The fourth-order valence-electron chi connectivity index (χ4n) is 2.45. The Kier molecular flexibility index (Phi) is 4.43. The Labute approximate surface area is 125 Å². The van der Waals surface area contributed by atoms with Gasteiger partial charge in [0.05, 0.1) is 11.9 Å². The number of nitrogens with zero attached hydrogens (tertiary/aromatic N) is 2. The molecule has 0 amide bonds. The van der Waals surface area contributed by atoms with Gasteiger partial charge in [-0.15, -0.1) is 0 Å². The van der Waals surface area contributed by atoms with Crippen LogP contribution in [0.4, 0.5) is 5.69 Å².